The maximum absolute atomic E-state index is 14.9. The van der Waals surface area contributed by atoms with E-state index in [4.69, 9.17) is 9.47 Å². The molecule has 4 rings (SSSR count). The van der Waals surface area contributed by atoms with E-state index < -0.39 is 60.4 Å². The molecule has 1 aliphatic rings. The number of alkyl halides is 3. The van der Waals surface area contributed by atoms with Crippen LogP contribution in [0.1, 0.15) is 12.0 Å². The Kier molecular flexibility index (Phi) is 8.59. The summed E-state index contributed by atoms with van der Waals surface area (Å²) in [6.07, 6.45) is -2.74. The van der Waals surface area contributed by atoms with Gasteiger partial charge in [0, 0.05) is 64.9 Å². The van der Waals surface area contributed by atoms with Crippen molar-refractivity contribution in [1.29, 1.82) is 0 Å². The molecule has 1 aliphatic heterocycles. The lowest BCUT2D eigenvalue weighted by Gasteiger charge is -2.16. The van der Waals surface area contributed by atoms with Crippen LogP contribution in [-0.4, -0.2) is 60.7 Å². The molecule has 0 spiro atoms. The fourth-order valence-electron chi connectivity index (χ4n) is 4.28. The number of rotatable bonds is 9. The first-order valence-corrected chi connectivity index (χ1v) is 16.4. The molecule has 2 N–H and O–H groups in total. The molecule has 1 unspecified atom stereocenters. The Labute approximate surface area is 233 Å². The summed E-state index contributed by atoms with van der Waals surface area (Å²) in [4.78, 5) is 29.3. The van der Waals surface area contributed by atoms with Gasteiger partial charge in [0.05, 0.1) is 17.0 Å². The van der Waals surface area contributed by atoms with E-state index in [9.17, 15) is 31.5 Å². The third kappa shape index (κ3) is 7.33. The van der Waals surface area contributed by atoms with Crippen LogP contribution in [0, 0.1) is 11.6 Å². The second-order valence-electron chi connectivity index (χ2n) is 11.0. The molecule has 1 saturated heterocycles. The number of anilines is 1. The number of benzene rings is 1. The van der Waals surface area contributed by atoms with E-state index in [2.05, 4.69) is 35.3 Å². The molecule has 0 radical (unpaired) electrons. The average molecular weight is 600 g/mol. The van der Waals surface area contributed by atoms with Crippen LogP contribution >= 0.6 is 0 Å². The van der Waals surface area contributed by atoms with Crippen molar-refractivity contribution in [3.8, 4) is 11.5 Å². The molecule has 0 bridgehead atoms. The lowest BCUT2D eigenvalue weighted by Crippen LogP contribution is -2.39. The Hall–Kier alpha value is -3.72. The minimum atomic E-state index is -4.82. The van der Waals surface area contributed by atoms with Gasteiger partial charge in [-0.25, -0.2) is 18.6 Å². The highest BCUT2D eigenvalue weighted by Gasteiger charge is 2.37. The Balaban J connectivity index is 1.56. The number of nitrogens with one attached hydrogen (secondary N) is 2. The number of nitrogens with zero attached hydrogens (tertiary/aromatic N) is 3. The first kappa shape index (κ1) is 30.2. The highest BCUT2D eigenvalue weighted by atomic mass is 28.3. The minimum Gasteiger partial charge on any atom is -0.450 e. The lowest BCUT2D eigenvalue weighted by atomic mass is 10.2. The van der Waals surface area contributed by atoms with E-state index in [-0.39, 0.29) is 36.9 Å². The predicted octanol–water partition coefficient (Wildman–Crippen LogP) is 5.79. The van der Waals surface area contributed by atoms with Gasteiger partial charge in [0.15, 0.2) is 17.4 Å². The molecule has 1 atom stereocenters. The molecule has 2 aromatic heterocycles. The number of likely N-dealkylation sites (tertiary alicyclic amines) is 1. The quantitative estimate of drug-likeness (QED) is 0.184. The van der Waals surface area contributed by atoms with Crippen LogP contribution in [0.4, 0.5) is 32.4 Å². The summed E-state index contributed by atoms with van der Waals surface area (Å²) in [5, 5.41) is 4.33. The minimum absolute atomic E-state index is 0.0893. The van der Waals surface area contributed by atoms with Gasteiger partial charge in [0.2, 0.25) is 5.91 Å². The van der Waals surface area contributed by atoms with Crippen molar-refractivity contribution in [2.45, 2.75) is 51.1 Å². The molecule has 1 aromatic carbocycles. The van der Waals surface area contributed by atoms with Gasteiger partial charge in [0.1, 0.15) is 18.1 Å². The second-order valence-corrected chi connectivity index (χ2v) is 16.6. The number of hydrogen-bond acceptors (Lipinski definition) is 5. The SMILES string of the molecule is CN1CC(NC(=O)Nc2cc(F)c(Oc3ccnc4c3c(C(F)(F)F)cn4COCC[Si](C)(C)C)c(F)c2)CC1=O. The molecular weight excluding hydrogens is 569 g/mol. The molecule has 3 heterocycles. The van der Waals surface area contributed by atoms with E-state index in [0.29, 0.717) is 6.61 Å². The number of halogens is 5. The summed E-state index contributed by atoms with van der Waals surface area (Å²) < 4.78 is 83.9. The zero-order valence-corrected chi connectivity index (χ0v) is 23.9. The van der Waals surface area contributed by atoms with Crippen LogP contribution in [-0.2, 0) is 22.4 Å². The van der Waals surface area contributed by atoms with E-state index in [1.54, 1.807) is 7.05 Å². The number of carbonyl (C=O) groups is 2. The molecule has 9 nitrogen and oxygen atoms in total. The smallest absolute Gasteiger partial charge is 0.418 e. The number of aromatic nitrogens is 2. The summed E-state index contributed by atoms with van der Waals surface area (Å²) >= 11 is 0. The fraction of sp³-hybridized carbons (Fsp3) is 0.423. The van der Waals surface area contributed by atoms with E-state index in [0.717, 1.165) is 36.6 Å². The Morgan fingerprint density at radius 3 is 2.46 bits per heavy atom. The van der Waals surface area contributed by atoms with Crippen LogP contribution in [0.25, 0.3) is 11.0 Å². The lowest BCUT2D eigenvalue weighted by molar-refractivity contribution is -0.136. The number of likely N-dealkylation sites (N-methyl/N-ethyl adjacent to an activating group) is 1. The van der Waals surface area contributed by atoms with Crippen LogP contribution < -0.4 is 15.4 Å². The number of hydrogen-bond donors (Lipinski definition) is 2. The molecule has 3 aromatic rings. The third-order valence-corrected chi connectivity index (χ3v) is 8.10. The van der Waals surface area contributed by atoms with Crippen molar-refractivity contribution in [1.82, 2.24) is 19.8 Å². The van der Waals surface area contributed by atoms with Gasteiger partial charge >= 0.3 is 12.2 Å². The van der Waals surface area contributed by atoms with E-state index >= 15 is 0 Å². The second kappa shape index (κ2) is 11.6. The van der Waals surface area contributed by atoms with Crippen LogP contribution in [0.2, 0.25) is 25.7 Å². The van der Waals surface area contributed by atoms with Crippen molar-refractivity contribution in [3.63, 3.8) is 0 Å². The average Bonchev–Trinajstić information content (AvgIpc) is 3.38. The number of fused-ring (bicyclic) bond motifs is 1. The van der Waals surface area contributed by atoms with Gasteiger partial charge < -0.3 is 29.6 Å². The molecule has 15 heteroatoms. The summed E-state index contributed by atoms with van der Waals surface area (Å²) in [7, 11) is 0.156. The largest absolute Gasteiger partial charge is 0.450 e. The third-order valence-electron chi connectivity index (χ3n) is 6.40. The highest BCUT2D eigenvalue weighted by molar-refractivity contribution is 6.76. The molecule has 0 aliphatic carbocycles. The number of pyridine rings is 1. The van der Waals surface area contributed by atoms with Crippen molar-refractivity contribution in [2.75, 3.05) is 25.5 Å². The van der Waals surface area contributed by atoms with Gasteiger partial charge in [-0.1, -0.05) is 19.6 Å². The number of amides is 3. The molecule has 0 saturated carbocycles. The summed E-state index contributed by atoms with van der Waals surface area (Å²) in [5.74, 6) is -4.10. The highest BCUT2D eigenvalue weighted by Crippen LogP contribution is 2.42. The Bertz CT molecular complexity index is 1430. The summed E-state index contributed by atoms with van der Waals surface area (Å²) in [6.45, 7) is 6.86. The number of carbonyl (C=O) groups excluding carboxylic acids is 2. The zero-order valence-electron chi connectivity index (χ0n) is 22.9. The Morgan fingerprint density at radius 1 is 1.20 bits per heavy atom. The van der Waals surface area contributed by atoms with Crippen LogP contribution in [0.3, 0.4) is 0 Å². The molecular formula is C26H30F5N5O4Si. The van der Waals surface area contributed by atoms with E-state index in [1.807, 2.05) is 0 Å². The van der Waals surface area contributed by atoms with Gasteiger partial charge in [-0.15, -0.1) is 0 Å². The molecule has 1 fully saturated rings. The van der Waals surface area contributed by atoms with Gasteiger partial charge in [-0.2, -0.15) is 13.2 Å². The monoisotopic (exact) mass is 599 g/mol. The number of urea groups is 1. The van der Waals surface area contributed by atoms with Gasteiger partial charge in [-0.3, -0.25) is 4.79 Å². The summed E-state index contributed by atoms with van der Waals surface area (Å²) in [6, 6.07) is 2.16. The first-order valence-electron chi connectivity index (χ1n) is 12.7. The molecule has 41 heavy (non-hydrogen) atoms. The molecule has 222 valence electrons. The number of ether oxygens (including phenoxy) is 2. The Morgan fingerprint density at radius 2 is 1.88 bits per heavy atom. The maximum Gasteiger partial charge on any atom is 0.418 e. The van der Waals surface area contributed by atoms with Gasteiger partial charge in [-0.05, 0) is 12.1 Å². The van der Waals surface area contributed by atoms with Crippen molar-refractivity contribution < 1.29 is 41.0 Å². The van der Waals surface area contributed by atoms with Gasteiger partial charge in [0.25, 0.3) is 0 Å². The van der Waals surface area contributed by atoms with E-state index in [1.165, 1.54) is 9.47 Å². The zero-order chi connectivity index (χ0) is 30.1. The van der Waals surface area contributed by atoms with Crippen molar-refractivity contribution in [3.05, 3.63) is 47.8 Å². The van der Waals surface area contributed by atoms with Crippen LogP contribution in [0.15, 0.2) is 30.6 Å². The van der Waals surface area contributed by atoms with Crippen molar-refractivity contribution >= 4 is 36.7 Å². The topological polar surface area (TPSA) is 97.7 Å². The molecule has 3 amide bonds. The fourth-order valence-corrected chi connectivity index (χ4v) is 5.03. The summed E-state index contributed by atoms with van der Waals surface area (Å²) in [5.41, 5.74) is -1.49. The van der Waals surface area contributed by atoms with Crippen molar-refractivity contribution in [2.24, 2.45) is 0 Å². The standard InChI is InChI=1S/C26H30F5N5O4Si/c1-35-12-16(11-21(35)37)34-25(38)33-15-9-18(27)23(19(28)10-15)40-20-5-6-32-24-22(20)17(26(29,30)31)13-36(24)14-39-7-8-41(2,3)4/h5-6,9-10,13,16H,7-8,11-12,14H2,1-4H3,(H2,33,34,38). The first-order chi connectivity index (χ1) is 19.1. The predicted molar refractivity (Wildman–Crippen MR) is 143 cm³/mol. The normalized spacial score (nSPS) is 16.0. The maximum atomic E-state index is 14.9. The van der Waals surface area contributed by atoms with Crippen LogP contribution in [0.5, 0.6) is 11.5 Å².